The highest BCUT2D eigenvalue weighted by Gasteiger charge is 2.13. The van der Waals surface area contributed by atoms with Crippen LogP contribution in [0, 0.1) is 0 Å². The number of nitrogens with zero attached hydrogens (tertiary/aromatic N) is 2. The van der Waals surface area contributed by atoms with Crippen LogP contribution in [0.5, 0.6) is 0 Å². The van der Waals surface area contributed by atoms with E-state index in [1.54, 1.807) is 4.68 Å². The van der Waals surface area contributed by atoms with Crippen molar-refractivity contribution in [1.82, 2.24) is 9.78 Å². The van der Waals surface area contributed by atoms with E-state index in [0.717, 1.165) is 16.6 Å². The van der Waals surface area contributed by atoms with Gasteiger partial charge in [0.25, 0.3) is 0 Å². The fraction of sp³-hybridized carbons (Fsp3) is 0.300. The molecule has 2 N–H and O–H groups in total. The Morgan fingerprint density at radius 1 is 1.50 bits per heavy atom. The molecule has 0 bridgehead atoms. The Labute approximate surface area is 87.5 Å². The van der Waals surface area contributed by atoms with Crippen LogP contribution in [0.2, 0.25) is 5.02 Å². The first-order valence-electron chi connectivity index (χ1n) is 4.48. The molecule has 0 saturated carbocycles. The van der Waals surface area contributed by atoms with Crippen molar-refractivity contribution in [3.63, 3.8) is 0 Å². The number of aromatic nitrogens is 2. The van der Waals surface area contributed by atoms with E-state index in [1.807, 2.05) is 32.2 Å². The first-order chi connectivity index (χ1) is 6.61. The van der Waals surface area contributed by atoms with Gasteiger partial charge < -0.3 is 5.73 Å². The minimum atomic E-state index is -0.0721. The molecule has 74 valence electrons. The molecular formula is C10H12ClN3. The summed E-state index contributed by atoms with van der Waals surface area (Å²) >= 11 is 6.08. The molecule has 0 radical (unpaired) electrons. The van der Waals surface area contributed by atoms with E-state index >= 15 is 0 Å². The Hall–Kier alpha value is -1.06. The number of rotatable bonds is 1. The van der Waals surface area contributed by atoms with Crippen LogP contribution in [0.15, 0.2) is 18.2 Å². The van der Waals surface area contributed by atoms with E-state index in [2.05, 4.69) is 5.10 Å². The summed E-state index contributed by atoms with van der Waals surface area (Å²) in [7, 11) is 1.88. The van der Waals surface area contributed by atoms with Crippen LogP contribution in [-0.4, -0.2) is 9.78 Å². The number of para-hydroxylation sites is 1. The molecule has 1 aromatic carbocycles. The maximum atomic E-state index is 6.08. The fourth-order valence-corrected chi connectivity index (χ4v) is 1.95. The van der Waals surface area contributed by atoms with Crippen molar-refractivity contribution in [3.05, 3.63) is 28.9 Å². The SMILES string of the molecule is C[C@H](N)c1nn(C)c2c(Cl)cccc12. The summed E-state index contributed by atoms with van der Waals surface area (Å²) in [6.45, 7) is 1.92. The highest BCUT2D eigenvalue weighted by Crippen LogP contribution is 2.27. The molecule has 14 heavy (non-hydrogen) atoms. The lowest BCUT2D eigenvalue weighted by molar-refractivity contribution is 0.712. The van der Waals surface area contributed by atoms with Gasteiger partial charge in [-0.25, -0.2) is 0 Å². The van der Waals surface area contributed by atoms with Crippen molar-refractivity contribution in [2.75, 3.05) is 0 Å². The van der Waals surface area contributed by atoms with Crippen molar-refractivity contribution in [2.24, 2.45) is 12.8 Å². The highest BCUT2D eigenvalue weighted by molar-refractivity contribution is 6.35. The molecule has 2 rings (SSSR count). The quantitative estimate of drug-likeness (QED) is 0.783. The zero-order valence-corrected chi connectivity index (χ0v) is 8.92. The van der Waals surface area contributed by atoms with Crippen LogP contribution in [-0.2, 0) is 7.05 Å². The summed E-state index contributed by atoms with van der Waals surface area (Å²) < 4.78 is 1.77. The van der Waals surface area contributed by atoms with E-state index < -0.39 is 0 Å². The van der Waals surface area contributed by atoms with E-state index in [1.165, 1.54) is 0 Å². The molecule has 0 aliphatic heterocycles. The standard InChI is InChI=1S/C10H12ClN3/c1-6(12)9-7-4-3-5-8(11)10(7)14(2)13-9/h3-6H,12H2,1-2H3/t6-/m0/s1. The van der Waals surface area contributed by atoms with Gasteiger partial charge in [0.2, 0.25) is 0 Å². The maximum absolute atomic E-state index is 6.08. The minimum Gasteiger partial charge on any atom is -0.323 e. The van der Waals surface area contributed by atoms with E-state index in [0.29, 0.717) is 5.02 Å². The van der Waals surface area contributed by atoms with Crippen molar-refractivity contribution < 1.29 is 0 Å². The Balaban J connectivity index is 2.84. The van der Waals surface area contributed by atoms with Gasteiger partial charge in [0.15, 0.2) is 0 Å². The molecule has 1 atom stereocenters. The van der Waals surface area contributed by atoms with Crippen LogP contribution in [0.4, 0.5) is 0 Å². The third kappa shape index (κ3) is 1.29. The predicted octanol–water partition coefficient (Wildman–Crippen LogP) is 2.25. The number of aryl methyl sites for hydroxylation is 1. The summed E-state index contributed by atoms with van der Waals surface area (Å²) in [6.07, 6.45) is 0. The van der Waals surface area contributed by atoms with Crippen molar-refractivity contribution in [2.45, 2.75) is 13.0 Å². The minimum absolute atomic E-state index is 0.0721. The van der Waals surface area contributed by atoms with E-state index in [4.69, 9.17) is 17.3 Å². The van der Waals surface area contributed by atoms with Crippen LogP contribution in [0.1, 0.15) is 18.7 Å². The summed E-state index contributed by atoms with van der Waals surface area (Å²) in [5, 5.41) is 6.11. The molecule has 0 fully saturated rings. The third-order valence-corrected chi connectivity index (χ3v) is 2.58. The lowest BCUT2D eigenvalue weighted by Gasteiger charge is -1.99. The summed E-state index contributed by atoms with van der Waals surface area (Å²) in [5.74, 6) is 0. The smallest absolute Gasteiger partial charge is 0.0868 e. The first kappa shape index (κ1) is 9.49. The van der Waals surface area contributed by atoms with Gasteiger partial charge in [0.05, 0.1) is 16.2 Å². The second kappa shape index (κ2) is 3.26. The van der Waals surface area contributed by atoms with E-state index in [-0.39, 0.29) is 6.04 Å². The van der Waals surface area contributed by atoms with E-state index in [9.17, 15) is 0 Å². The monoisotopic (exact) mass is 209 g/mol. The molecule has 0 amide bonds. The zero-order valence-electron chi connectivity index (χ0n) is 8.16. The Kier molecular flexibility index (Phi) is 2.21. The average Bonchev–Trinajstić information content (AvgIpc) is 2.45. The summed E-state index contributed by atoms with van der Waals surface area (Å²) in [6, 6.07) is 5.69. The number of benzene rings is 1. The topological polar surface area (TPSA) is 43.8 Å². The number of hydrogen-bond acceptors (Lipinski definition) is 2. The molecule has 1 heterocycles. The van der Waals surface area contributed by atoms with Gasteiger partial charge in [0, 0.05) is 18.5 Å². The first-order valence-corrected chi connectivity index (χ1v) is 4.85. The molecule has 4 heteroatoms. The van der Waals surface area contributed by atoms with Crippen molar-refractivity contribution in [3.8, 4) is 0 Å². The second-order valence-corrected chi connectivity index (χ2v) is 3.84. The summed E-state index contributed by atoms with van der Waals surface area (Å²) in [5.41, 5.74) is 7.66. The lowest BCUT2D eigenvalue weighted by atomic mass is 10.1. The van der Waals surface area contributed by atoms with Crippen LogP contribution < -0.4 is 5.73 Å². The molecule has 0 unspecified atom stereocenters. The summed E-state index contributed by atoms with van der Waals surface area (Å²) in [4.78, 5) is 0. The van der Waals surface area contributed by atoms with Gasteiger partial charge in [-0.2, -0.15) is 5.10 Å². The van der Waals surface area contributed by atoms with Gasteiger partial charge in [-0.1, -0.05) is 23.7 Å². The van der Waals surface area contributed by atoms with Crippen LogP contribution in [0.3, 0.4) is 0 Å². The molecule has 0 aliphatic carbocycles. The average molecular weight is 210 g/mol. The molecule has 0 aliphatic rings. The predicted molar refractivity (Wildman–Crippen MR) is 58.3 cm³/mol. The third-order valence-electron chi connectivity index (χ3n) is 2.28. The van der Waals surface area contributed by atoms with Gasteiger partial charge >= 0.3 is 0 Å². The van der Waals surface area contributed by atoms with Gasteiger partial charge in [-0.15, -0.1) is 0 Å². The molecule has 0 saturated heterocycles. The Morgan fingerprint density at radius 3 is 2.86 bits per heavy atom. The molecule has 1 aromatic heterocycles. The Morgan fingerprint density at radius 2 is 2.21 bits per heavy atom. The molecule has 2 aromatic rings. The van der Waals surface area contributed by atoms with Crippen molar-refractivity contribution >= 4 is 22.5 Å². The molecular weight excluding hydrogens is 198 g/mol. The second-order valence-electron chi connectivity index (χ2n) is 3.43. The van der Waals surface area contributed by atoms with Crippen molar-refractivity contribution in [1.29, 1.82) is 0 Å². The van der Waals surface area contributed by atoms with Crippen LogP contribution in [0.25, 0.3) is 10.9 Å². The number of hydrogen-bond donors (Lipinski definition) is 1. The zero-order chi connectivity index (χ0) is 10.3. The highest BCUT2D eigenvalue weighted by atomic mass is 35.5. The maximum Gasteiger partial charge on any atom is 0.0868 e. The molecule has 0 spiro atoms. The number of fused-ring (bicyclic) bond motifs is 1. The number of halogens is 1. The van der Waals surface area contributed by atoms with Gasteiger partial charge in [-0.3, -0.25) is 4.68 Å². The van der Waals surface area contributed by atoms with Gasteiger partial charge in [0.1, 0.15) is 0 Å². The largest absolute Gasteiger partial charge is 0.323 e. The fourth-order valence-electron chi connectivity index (χ4n) is 1.65. The Bertz CT molecular complexity index is 473. The van der Waals surface area contributed by atoms with Crippen LogP contribution >= 0.6 is 11.6 Å². The normalized spacial score (nSPS) is 13.4. The number of nitrogens with two attached hydrogens (primary N) is 1. The molecule has 3 nitrogen and oxygen atoms in total. The lowest BCUT2D eigenvalue weighted by Crippen LogP contribution is -2.06. The van der Waals surface area contributed by atoms with Gasteiger partial charge in [-0.05, 0) is 13.0 Å².